The molecule has 0 aromatic heterocycles. The van der Waals surface area contributed by atoms with Gasteiger partial charge in [-0.3, -0.25) is 0 Å². The summed E-state index contributed by atoms with van der Waals surface area (Å²) >= 11 is 0. The minimum Gasteiger partial charge on any atom is -0.497 e. The fourth-order valence-corrected chi connectivity index (χ4v) is 1.76. The first-order valence-corrected chi connectivity index (χ1v) is 5.95. The van der Waals surface area contributed by atoms with Crippen LogP contribution < -0.4 is 4.74 Å². The highest BCUT2D eigenvalue weighted by Crippen LogP contribution is 2.16. The van der Waals surface area contributed by atoms with E-state index in [-0.39, 0.29) is 0 Å². The first kappa shape index (κ1) is 12.4. The van der Waals surface area contributed by atoms with Gasteiger partial charge in [-0.1, -0.05) is 12.1 Å². The van der Waals surface area contributed by atoms with Gasteiger partial charge < -0.3 is 4.74 Å². The third-order valence-electron chi connectivity index (χ3n) is 2.86. The Morgan fingerprint density at radius 3 is 2.06 bits per heavy atom. The minimum absolute atomic E-state index is 0.884. The molecular formula is C16H18NO+. The molecule has 1 aliphatic carbocycles. The van der Waals surface area contributed by atoms with Crippen molar-refractivity contribution in [2.75, 3.05) is 21.2 Å². The predicted molar refractivity (Wildman–Crippen MR) is 76.4 cm³/mol. The van der Waals surface area contributed by atoms with E-state index in [0.717, 1.165) is 5.75 Å². The van der Waals surface area contributed by atoms with E-state index in [9.17, 15) is 0 Å². The van der Waals surface area contributed by atoms with Gasteiger partial charge in [-0.2, -0.15) is 0 Å². The molecule has 0 aliphatic heterocycles. The van der Waals surface area contributed by atoms with Gasteiger partial charge in [0, 0.05) is 12.2 Å². The molecule has 0 unspecified atom stereocenters. The normalized spacial score (nSPS) is 13.7. The standard InChI is InChI=1S/C16H18NO/c1-17(2)15-8-4-13(5-9-15)12-14-6-10-16(18-3)11-7-14/h4-12H,1-3H3/q+1. The first-order valence-electron chi connectivity index (χ1n) is 5.95. The van der Waals surface area contributed by atoms with Crippen molar-refractivity contribution in [1.29, 1.82) is 0 Å². The summed E-state index contributed by atoms with van der Waals surface area (Å²) in [5.41, 5.74) is 3.58. The number of allylic oxidation sites excluding steroid dienone is 5. The maximum Gasteiger partial charge on any atom is 0.199 e. The topological polar surface area (TPSA) is 12.2 Å². The van der Waals surface area contributed by atoms with Gasteiger partial charge >= 0.3 is 0 Å². The minimum atomic E-state index is 0.884. The van der Waals surface area contributed by atoms with Crippen LogP contribution >= 0.6 is 0 Å². The fraction of sp³-hybridized carbons (Fsp3) is 0.188. The highest BCUT2D eigenvalue weighted by Gasteiger charge is 2.03. The lowest BCUT2D eigenvalue weighted by Gasteiger charge is -2.03. The Balaban J connectivity index is 2.18. The average Bonchev–Trinajstić information content (AvgIpc) is 2.40. The molecule has 1 aliphatic rings. The molecule has 0 N–H and O–H groups in total. The van der Waals surface area contributed by atoms with Crippen LogP contribution in [0.5, 0.6) is 5.75 Å². The Morgan fingerprint density at radius 1 is 0.944 bits per heavy atom. The molecule has 0 saturated carbocycles. The molecule has 1 aromatic rings. The van der Waals surface area contributed by atoms with Crippen molar-refractivity contribution in [2.45, 2.75) is 0 Å². The van der Waals surface area contributed by atoms with Crippen molar-refractivity contribution >= 4 is 11.8 Å². The number of benzene rings is 1. The molecular weight excluding hydrogens is 222 g/mol. The Bertz CT molecular complexity index is 523. The molecule has 2 heteroatoms. The zero-order valence-electron chi connectivity index (χ0n) is 11.1. The Hall–Kier alpha value is -2.09. The highest BCUT2D eigenvalue weighted by atomic mass is 16.5. The monoisotopic (exact) mass is 240 g/mol. The van der Waals surface area contributed by atoms with Gasteiger partial charge in [0.05, 0.1) is 7.11 Å². The lowest BCUT2D eigenvalue weighted by Crippen LogP contribution is -2.09. The molecule has 0 atom stereocenters. The number of nitrogens with zero attached hydrogens (tertiary/aromatic N) is 1. The summed E-state index contributed by atoms with van der Waals surface area (Å²) in [6, 6.07) is 8.05. The van der Waals surface area contributed by atoms with Gasteiger partial charge in [-0.05, 0) is 41.5 Å². The molecule has 0 amide bonds. The molecule has 2 rings (SSSR count). The molecule has 1 aromatic carbocycles. The lowest BCUT2D eigenvalue weighted by molar-refractivity contribution is -0.462. The smallest absolute Gasteiger partial charge is 0.199 e. The van der Waals surface area contributed by atoms with Crippen LogP contribution in [0.3, 0.4) is 0 Å². The van der Waals surface area contributed by atoms with E-state index >= 15 is 0 Å². The van der Waals surface area contributed by atoms with Crippen LogP contribution in [-0.4, -0.2) is 31.5 Å². The van der Waals surface area contributed by atoms with E-state index in [1.54, 1.807) is 7.11 Å². The van der Waals surface area contributed by atoms with Crippen LogP contribution in [0.2, 0.25) is 0 Å². The van der Waals surface area contributed by atoms with Crippen LogP contribution in [0.4, 0.5) is 0 Å². The zero-order chi connectivity index (χ0) is 13.0. The Kier molecular flexibility index (Phi) is 3.78. The van der Waals surface area contributed by atoms with E-state index in [0.29, 0.717) is 0 Å². The van der Waals surface area contributed by atoms with Crippen LogP contribution in [-0.2, 0) is 0 Å². The number of rotatable bonds is 2. The van der Waals surface area contributed by atoms with E-state index < -0.39 is 0 Å². The third kappa shape index (κ3) is 2.98. The molecule has 0 radical (unpaired) electrons. The summed E-state index contributed by atoms with van der Waals surface area (Å²) in [6.07, 6.45) is 10.6. The lowest BCUT2D eigenvalue weighted by atomic mass is 10.0. The molecule has 0 fully saturated rings. The fourth-order valence-electron chi connectivity index (χ4n) is 1.76. The maximum absolute atomic E-state index is 5.14. The van der Waals surface area contributed by atoms with E-state index in [2.05, 4.69) is 47.1 Å². The molecule has 92 valence electrons. The number of hydrogen-bond donors (Lipinski definition) is 0. The van der Waals surface area contributed by atoms with Crippen molar-refractivity contribution in [3.63, 3.8) is 0 Å². The summed E-state index contributed by atoms with van der Waals surface area (Å²) in [7, 11) is 5.77. The average molecular weight is 240 g/mol. The summed E-state index contributed by atoms with van der Waals surface area (Å²) in [6.45, 7) is 0. The van der Waals surface area contributed by atoms with E-state index in [1.165, 1.54) is 16.8 Å². The van der Waals surface area contributed by atoms with Crippen LogP contribution in [0.25, 0.3) is 6.08 Å². The SMILES string of the molecule is COc1ccc(C=C2C=CC(=[N+](C)C)C=C2)cc1. The van der Waals surface area contributed by atoms with Gasteiger partial charge in [0.25, 0.3) is 0 Å². The Morgan fingerprint density at radius 2 is 1.56 bits per heavy atom. The van der Waals surface area contributed by atoms with E-state index in [1.807, 2.05) is 26.2 Å². The van der Waals surface area contributed by atoms with Crippen molar-refractivity contribution < 1.29 is 9.31 Å². The van der Waals surface area contributed by atoms with Crippen molar-refractivity contribution in [2.24, 2.45) is 0 Å². The van der Waals surface area contributed by atoms with Gasteiger partial charge in [-0.15, -0.1) is 0 Å². The van der Waals surface area contributed by atoms with Crippen molar-refractivity contribution in [3.05, 3.63) is 59.7 Å². The molecule has 0 bridgehead atoms. The van der Waals surface area contributed by atoms with Crippen LogP contribution in [0.15, 0.2) is 54.1 Å². The number of hydrogen-bond acceptors (Lipinski definition) is 1. The largest absolute Gasteiger partial charge is 0.497 e. The van der Waals surface area contributed by atoms with Gasteiger partial charge in [0.2, 0.25) is 0 Å². The molecule has 2 nitrogen and oxygen atoms in total. The number of ether oxygens (including phenoxy) is 1. The second-order valence-corrected chi connectivity index (χ2v) is 4.40. The molecule has 0 saturated heterocycles. The second-order valence-electron chi connectivity index (χ2n) is 4.40. The van der Waals surface area contributed by atoms with Crippen LogP contribution in [0, 0.1) is 0 Å². The maximum atomic E-state index is 5.14. The molecule has 18 heavy (non-hydrogen) atoms. The molecule has 0 spiro atoms. The Labute approximate surface area is 108 Å². The summed E-state index contributed by atoms with van der Waals surface area (Å²) in [4.78, 5) is 0. The summed E-state index contributed by atoms with van der Waals surface area (Å²) < 4.78 is 7.24. The second kappa shape index (κ2) is 5.50. The summed E-state index contributed by atoms with van der Waals surface area (Å²) in [5.74, 6) is 0.884. The van der Waals surface area contributed by atoms with Gasteiger partial charge in [0.15, 0.2) is 5.71 Å². The predicted octanol–water partition coefficient (Wildman–Crippen LogP) is 2.92. The molecule has 0 heterocycles. The van der Waals surface area contributed by atoms with Gasteiger partial charge in [-0.25, -0.2) is 4.58 Å². The highest BCUT2D eigenvalue weighted by molar-refractivity contribution is 6.02. The third-order valence-corrected chi connectivity index (χ3v) is 2.86. The summed E-state index contributed by atoms with van der Waals surface area (Å²) in [5, 5.41) is 0. The van der Waals surface area contributed by atoms with Crippen molar-refractivity contribution in [1.82, 2.24) is 0 Å². The number of methoxy groups -OCH3 is 1. The van der Waals surface area contributed by atoms with Crippen molar-refractivity contribution in [3.8, 4) is 5.75 Å². The zero-order valence-corrected chi connectivity index (χ0v) is 11.1. The van der Waals surface area contributed by atoms with E-state index in [4.69, 9.17) is 4.74 Å². The first-order chi connectivity index (χ1) is 8.69. The van der Waals surface area contributed by atoms with Crippen LogP contribution in [0.1, 0.15) is 5.56 Å². The van der Waals surface area contributed by atoms with Gasteiger partial charge in [0.1, 0.15) is 19.8 Å². The quantitative estimate of drug-likeness (QED) is 0.724.